The lowest BCUT2D eigenvalue weighted by Crippen LogP contribution is -2.32. The minimum atomic E-state index is -0.382. The summed E-state index contributed by atoms with van der Waals surface area (Å²) in [7, 11) is 0. The molecule has 1 aliphatic heterocycles. The van der Waals surface area contributed by atoms with Gasteiger partial charge in [0.2, 0.25) is 0 Å². The first kappa shape index (κ1) is 28.1. The van der Waals surface area contributed by atoms with Gasteiger partial charge in [-0.25, -0.2) is 0 Å². The number of nitrogens with zero attached hydrogens (tertiary/aromatic N) is 1. The first-order chi connectivity index (χ1) is 18.8. The van der Waals surface area contributed by atoms with Crippen molar-refractivity contribution in [2.24, 2.45) is 0 Å². The topological polar surface area (TPSA) is 94.2 Å². The molecule has 1 aliphatic rings. The molecule has 39 heavy (non-hydrogen) atoms. The number of hydrogen-bond acceptors (Lipinski definition) is 7. The van der Waals surface area contributed by atoms with Crippen molar-refractivity contribution in [3.05, 3.63) is 87.8 Å². The molecule has 0 bridgehead atoms. The Bertz CT molecular complexity index is 1410. The van der Waals surface area contributed by atoms with Gasteiger partial charge in [0, 0.05) is 0 Å². The summed E-state index contributed by atoms with van der Waals surface area (Å²) in [5.74, 6) is 0.693. The number of benzene rings is 3. The van der Waals surface area contributed by atoms with Crippen LogP contribution in [0.2, 0.25) is 5.02 Å². The predicted octanol–water partition coefficient (Wildman–Crippen LogP) is 6.18. The van der Waals surface area contributed by atoms with Crippen LogP contribution in [-0.4, -0.2) is 48.3 Å². The first-order valence-electron chi connectivity index (χ1n) is 12.2. The van der Waals surface area contributed by atoms with Gasteiger partial charge in [0.25, 0.3) is 17.1 Å². The molecule has 10 heteroatoms. The van der Waals surface area contributed by atoms with Crippen LogP contribution in [0.4, 0.5) is 10.5 Å². The van der Waals surface area contributed by atoms with Gasteiger partial charge in [-0.05, 0) is 79.2 Å². The van der Waals surface area contributed by atoms with Crippen molar-refractivity contribution in [2.45, 2.75) is 13.8 Å². The van der Waals surface area contributed by atoms with Crippen molar-refractivity contribution in [1.29, 1.82) is 0 Å². The number of hydrogen-bond donors (Lipinski definition) is 1. The Morgan fingerprint density at radius 1 is 1.00 bits per heavy atom. The fraction of sp³-hybridized carbons (Fsp3) is 0.207. The van der Waals surface area contributed by atoms with Gasteiger partial charge in [0.15, 0.2) is 18.1 Å². The maximum Gasteiger partial charge on any atom is 0.293 e. The normalized spacial score (nSPS) is 14.0. The zero-order valence-electron chi connectivity index (χ0n) is 21.4. The van der Waals surface area contributed by atoms with E-state index in [2.05, 4.69) is 5.32 Å². The second-order valence-corrected chi connectivity index (χ2v) is 9.85. The predicted molar refractivity (Wildman–Crippen MR) is 153 cm³/mol. The van der Waals surface area contributed by atoms with Gasteiger partial charge in [-0.1, -0.05) is 41.9 Å². The van der Waals surface area contributed by atoms with Crippen LogP contribution in [0.1, 0.15) is 18.1 Å². The van der Waals surface area contributed by atoms with E-state index in [0.717, 1.165) is 17.3 Å². The molecule has 3 aromatic rings. The largest absolute Gasteiger partial charge is 0.492 e. The number of anilines is 1. The van der Waals surface area contributed by atoms with Crippen molar-refractivity contribution in [2.75, 3.05) is 31.7 Å². The highest BCUT2D eigenvalue weighted by molar-refractivity contribution is 8.18. The lowest BCUT2D eigenvalue weighted by Gasteiger charge is -2.14. The molecule has 0 saturated carbocycles. The number of para-hydroxylation sites is 1. The number of halogens is 1. The van der Waals surface area contributed by atoms with Crippen molar-refractivity contribution < 1.29 is 28.6 Å². The third-order valence-electron chi connectivity index (χ3n) is 5.52. The number of thioether (sulfide) groups is 1. The number of ether oxygens (including phenoxy) is 3. The lowest BCUT2D eigenvalue weighted by atomic mass is 10.2. The summed E-state index contributed by atoms with van der Waals surface area (Å²) in [5, 5.41) is 2.77. The molecule has 3 aromatic carbocycles. The van der Waals surface area contributed by atoms with E-state index < -0.39 is 0 Å². The van der Waals surface area contributed by atoms with E-state index in [-0.39, 0.29) is 36.8 Å². The molecule has 1 heterocycles. The number of imide groups is 1. The van der Waals surface area contributed by atoms with Gasteiger partial charge < -0.3 is 19.5 Å². The summed E-state index contributed by atoms with van der Waals surface area (Å²) in [6, 6.07) is 19.5. The average Bonchev–Trinajstić information content (AvgIpc) is 3.17. The molecule has 0 unspecified atom stereocenters. The van der Waals surface area contributed by atoms with E-state index in [9.17, 15) is 14.4 Å². The van der Waals surface area contributed by atoms with Crippen LogP contribution in [0.15, 0.2) is 71.6 Å². The van der Waals surface area contributed by atoms with Gasteiger partial charge in [-0.2, -0.15) is 0 Å². The molecular weight excluding hydrogens is 540 g/mol. The number of carbonyl (C=O) groups is 3. The van der Waals surface area contributed by atoms with Crippen LogP contribution in [-0.2, 0) is 9.59 Å². The molecule has 0 spiro atoms. The quantitative estimate of drug-likeness (QED) is 0.277. The Morgan fingerprint density at radius 3 is 2.59 bits per heavy atom. The van der Waals surface area contributed by atoms with Gasteiger partial charge >= 0.3 is 0 Å². The van der Waals surface area contributed by atoms with E-state index in [1.165, 1.54) is 4.90 Å². The fourth-order valence-electron chi connectivity index (χ4n) is 3.70. The highest BCUT2D eigenvalue weighted by atomic mass is 35.5. The fourth-order valence-corrected chi connectivity index (χ4v) is 4.75. The zero-order valence-corrected chi connectivity index (χ0v) is 23.0. The van der Waals surface area contributed by atoms with Crippen molar-refractivity contribution in [1.82, 2.24) is 4.90 Å². The Morgan fingerprint density at radius 2 is 1.82 bits per heavy atom. The van der Waals surface area contributed by atoms with Gasteiger partial charge in [-0.3, -0.25) is 19.3 Å². The monoisotopic (exact) mass is 566 g/mol. The second-order valence-electron chi connectivity index (χ2n) is 8.45. The maximum absolute atomic E-state index is 12.9. The maximum atomic E-state index is 12.9. The van der Waals surface area contributed by atoms with Crippen LogP contribution in [0.25, 0.3) is 6.08 Å². The van der Waals surface area contributed by atoms with E-state index in [0.29, 0.717) is 45.0 Å². The molecule has 3 amide bonds. The molecule has 0 atom stereocenters. The highest BCUT2D eigenvalue weighted by Crippen LogP contribution is 2.34. The van der Waals surface area contributed by atoms with E-state index in [1.807, 2.05) is 38.1 Å². The van der Waals surface area contributed by atoms with Crippen LogP contribution in [0, 0.1) is 6.92 Å². The number of aryl methyl sites for hydroxylation is 1. The summed E-state index contributed by atoms with van der Waals surface area (Å²) in [5.41, 5.74) is 2.20. The van der Waals surface area contributed by atoms with Crippen molar-refractivity contribution in [3.63, 3.8) is 0 Å². The number of nitrogens with one attached hydrogen (secondary N) is 1. The molecule has 0 aromatic heterocycles. The molecule has 0 aliphatic carbocycles. The molecule has 8 nitrogen and oxygen atoms in total. The van der Waals surface area contributed by atoms with Gasteiger partial charge in [-0.15, -0.1) is 0 Å². The third-order valence-corrected chi connectivity index (χ3v) is 6.76. The standard InChI is InChI=1S/C29H27ClN2O6S/c1-3-36-25-16-20(11-12-24(25)38-18-27(33)31-23-10-5-4-9-22(23)30)17-26-28(34)32(29(35)39-26)13-14-37-21-8-6-7-19(2)15-21/h4-12,15-17H,3,13-14,18H2,1-2H3,(H,31,33)/b26-17-. The highest BCUT2D eigenvalue weighted by Gasteiger charge is 2.34. The van der Waals surface area contributed by atoms with Crippen molar-refractivity contribution in [3.8, 4) is 17.2 Å². The van der Waals surface area contributed by atoms with Crippen LogP contribution >= 0.6 is 23.4 Å². The summed E-state index contributed by atoms with van der Waals surface area (Å²) in [6.45, 7) is 4.23. The second kappa shape index (κ2) is 13.2. The summed E-state index contributed by atoms with van der Waals surface area (Å²) >= 11 is 6.96. The molecule has 1 N–H and O–H groups in total. The first-order valence-corrected chi connectivity index (χ1v) is 13.4. The minimum absolute atomic E-state index is 0.142. The SMILES string of the molecule is CCOc1cc(/C=C2\SC(=O)N(CCOc3cccc(C)c3)C2=O)ccc1OCC(=O)Nc1ccccc1Cl. The van der Waals surface area contributed by atoms with E-state index in [4.69, 9.17) is 25.8 Å². The van der Waals surface area contributed by atoms with Crippen LogP contribution in [0.3, 0.4) is 0 Å². The summed E-state index contributed by atoms with van der Waals surface area (Å²) in [6.07, 6.45) is 1.63. The summed E-state index contributed by atoms with van der Waals surface area (Å²) in [4.78, 5) is 39.2. The summed E-state index contributed by atoms with van der Waals surface area (Å²) < 4.78 is 17.1. The average molecular weight is 567 g/mol. The van der Waals surface area contributed by atoms with Crippen molar-refractivity contribution >= 4 is 52.2 Å². The zero-order chi connectivity index (χ0) is 27.8. The molecule has 0 radical (unpaired) electrons. The Hall–Kier alpha value is -3.95. The van der Waals surface area contributed by atoms with Gasteiger partial charge in [0.05, 0.1) is 28.8 Å². The smallest absolute Gasteiger partial charge is 0.293 e. The third kappa shape index (κ3) is 7.55. The van der Waals surface area contributed by atoms with E-state index >= 15 is 0 Å². The minimum Gasteiger partial charge on any atom is -0.492 e. The molecule has 1 fully saturated rings. The van der Waals surface area contributed by atoms with Crippen LogP contribution in [0.5, 0.6) is 17.2 Å². The number of amides is 3. The molecule has 202 valence electrons. The molecular formula is C29H27ClN2O6S. The Balaban J connectivity index is 1.38. The molecule has 4 rings (SSSR count). The number of carbonyl (C=O) groups excluding carboxylic acids is 3. The molecule has 1 saturated heterocycles. The van der Waals surface area contributed by atoms with E-state index in [1.54, 1.807) is 48.5 Å². The van der Waals surface area contributed by atoms with Crippen LogP contribution < -0.4 is 19.5 Å². The Labute approximate surface area is 235 Å². The number of rotatable bonds is 11. The Kier molecular flexibility index (Phi) is 9.51. The van der Waals surface area contributed by atoms with Gasteiger partial charge in [0.1, 0.15) is 12.4 Å². The lowest BCUT2D eigenvalue weighted by molar-refractivity contribution is -0.123.